The highest BCUT2D eigenvalue weighted by Crippen LogP contribution is 2.36. The van der Waals surface area contributed by atoms with Crippen molar-refractivity contribution >= 4 is 35.4 Å². The minimum Gasteiger partial charge on any atom is -0.493 e. The van der Waals surface area contributed by atoms with Crippen molar-refractivity contribution in [2.45, 2.75) is 6.42 Å². The van der Waals surface area contributed by atoms with Crippen molar-refractivity contribution in [2.75, 3.05) is 63.7 Å². The molecule has 1 heterocycles. The van der Waals surface area contributed by atoms with Gasteiger partial charge < -0.3 is 24.0 Å². The first-order chi connectivity index (χ1) is 17.8. The summed E-state index contributed by atoms with van der Waals surface area (Å²) in [4.78, 5) is 12.7. The second-order valence-electron chi connectivity index (χ2n) is 8.40. The van der Waals surface area contributed by atoms with Gasteiger partial charge in [-0.1, -0.05) is 35.9 Å². The number of hydrogen-bond donors (Lipinski definition) is 1. The van der Waals surface area contributed by atoms with E-state index in [0.717, 1.165) is 29.1 Å². The third-order valence-electron chi connectivity index (χ3n) is 5.13. The maximum absolute atomic E-state index is 6.51. The summed E-state index contributed by atoms with van der Waals surface area (Å²) in [6, 6.07) is 13.2. The first-order valence-corrected chi connectivity index (χ1v) is 12.0. The number of hydrogen-bond acceptors (Lipinski definition) is 9. The van der Waals surface area contributed by atoms with E-state index < -0.39 is 0 Å². The molecule has 9 nitrogen and oxygen atoms in total. The number of anilines is 3. The van der Waals surface area contributed by atoms with E-state index >= 15 is 0 Å². The molecule has 2 aromatic carbocycles. The monoisotopic (exact) mass is 524 g/mol. The summed E-state index contributed by atoms with van der Waals surface area (Å²) >= 11 is 6.51. The molecule has 0 fully saturated rings. The number of aromatic nitrogens is 2. The van der Waals surface area contributed by atoms with Gasteiger partial charge in [0.15, 0.2) is 17.3 Å². The van der Waals surface area contributed by atoms with E-state index in [1.54, 1.807) is 25.5 Å². The summed E-state index contributed by atoms with van der Waals surface area (Å²) in [6.45, 7) is 4.44. The molecule has 0 aliphatic carbocycles. The van der Waals surface area contributed by atoms with Crippen LogP contribution in [0.4, 0.5) is 17.6 Å². The van der Waals surface area contributed by atoms with Crippen LogP contribution in [0.1, 0.15) is 11.1 Å². The van der Waals surface area contributed by atoms with Crippen LogP contribution in [0, 0.1) is 0 Å². The largest absolute Gasteiger partial charge is 0.493 e. The van der Waals surface area contributed by atoms with Gasteiger partial charge in [-0.15, -0.1) is 6.58 Å². The molecule has 196 valence electrons. The lowest BCUT2D eigenvalue weighted by Gasteiger charge is -2.17. The van der Waals surface area contributed by atoms with E-state index in [-0.39, 0.29) is 0 Å². The second-order valence-corrected chi connectivity index (χ2v) is 8.81. The van der Waals surface area contributed by atoms with Crippen molar-refractivity contribution < 1.29 is 14.2 Å². The molecule has 10 heteroatoms. The molecule has 0 amide bonds. The van der Waals surface area contributed by atoms with Crippen LogP contribution in [-0.2, 0) is 6.42 Å². The number of ether oxygens (including phenoxy) is 3. The van der Waals surface area contributed by atoms with Crippen molar-refractivity contribution in [1.29, 1.82) is 0 Å². The Morgan fingerprint density at radius 1 is 1.00 bits per heavy atom. The Morgan fingerprint density at radius 3 is 2.46 bits per heavy atom. The van der Waals surface area contributed by atoms with Gasteiger partial charge in [-0.05, 0) is 35.7 Å². The topological polar surface area (TPSA) is 84.3 Å². The Labute approximate surface area is 223 Å². The molecule has 0 aliphatic heterocycles. The Balaban J connectivity index is 1.65. The Hall–Kier alpha value is -3.98. The Bertz CT molecular complexity index is 1210. The number of hydrazone groups is 1. The van der Waals surface area contributed by atoms with E-state index in [2.05, 4.69) is 27.1 Å². The SMILES string of the molecule is C=CCc1ccccc1OCCOc1c(Cl)cc(/C=N\Nc2cc(N(C)C)nc(N(C)C)n2)cc1OC. The number of nitrogens with zero attached hydrogens (tertiary/aromatic N) is 5. The van der Waals surface area contributed by atoms with Crippen molar-refractivity contribution in [3.63, 3.8) is 0 Å². The second kappa shape index (κ2) is 13.4. The predicted molar refractivity (Wildman–Crippen MR) is 151 cm³/mol. The highest BCUT2D eigenvalue weighted by atomic mass is 35.5. The van der Waals surface area contributed by atoms with Crippen LogP contribution in [0.5, 0.6) is 17.2 Å². The lowest BCUT2D eigenvalue weighted by Crippen LogP contribution is -2.17. The molecule has 1 N–H and O–H groups in total. The number of nitrogens with one attached hydrogen (secondary N) is 1. The summed E-state index contributed by atoms with van der Waals surface area (Å²) in [6.07, 6.45) is 4.21. The van der Waals surface area contributed by atoms with Gasteiger partial charge in [0.2, 0.25) is 5.95 Å². The summed E-state index contributed by atoms with van der Waals surface area (Å²) in [7, 11) is 9.16. The molecule has 3 rings (SSSR count). The van der Waals surface area contributed by atoms with Gasteiger partial charge in [-0.25, -0.2) is 0 Å². The number of halogens is 1. The minimum atomic E-state index is 0.295. The third-order valence-corrected chi connectivity index (χ3v) is 5.41. The molecular weight excluding hydrogens is 492 g/mol. The molecule has 0 spiro atoms. The van der Waals surface area contributed by atoms with Crippen LogP contribution in [-0.4, -0.2) is 64.7 Å². The van der Waals surface area contributed by atoms with Crippen LogP contribution < -0.4 is 29.4 Å². The smallest absolute Gasteiger partial charge is 0.228 e. The normalized spacial score (nSPS) is 10.8. The van der Waals surface area contributed by atoms with E-state index in [9.17, 15) is 0 Å². The molecule has 0 aliphatic rings. The van der Waals surface area contributed by atoms with E-state index in [1.165, 1.54) is 0 Å². The number of methoxy groups -OCH3 is 1. The van der Waals surface area contributed by atoms with Crippen molar-refractivity contribution in [1.82, 2.24) is 9.97 Å². The zero-order valence-corrected chi connectivity index (χ0v) is 22.6. The van der Waals surface area contributed by atoms with Crippen LogP contribution in [0.15, 0.2) is 60.2 Å². The molecular formula is C27H33ClN6O3. The van der Waals surface area contributed by atoms with Crippen LogP contribution >= 0.6 is 11.6 Å². The summed E-state index contributed by atoms with van der Waals surface area (Å²) in [5, 5.41) is 4.71. The van der Waals surface area contributed by atoms with E-state index in [1.807, 2.05) is 74.4 Å². The lowest BCUT2D eigenvalue weighted by molar-refractivity contribution is 0.210. The molecule has 37 heavy (non-hydrogen) atoms. The van der Waals surface area contributed by atoms with Gasteiger partial charge in [0.05, 0.1) is 18.3 Å². The zero-order valence-electron chi connectivity index (χ0n) is 21.9. The average molecular weight is 525 g/mol. The van der Waals surface area contributed by atoms with Crippen LogP contribution in [0.25, 0.3) is 0 Å². The number of allylic oxidation sites excluding steroid dienone is 1. The zero-order chi connectivity index (χ0) is 26.8. The van der Waals surface area contributed by atoms with E-state index in [4.69, 9.17) is 25.8 Å². The summed E-state index contributed by atoms with van der Waals surface area (Å²) in [5.41, 5.74) is 4.75. The lowest BCUT2D eigenvalue weighted by atomic mass is 10.1. The fraction of sp³-hybridized carbons (Fsp3) is 0.296. The molecule has 0 radical (unpaired) electrons. The Morgan fingerprint density at radius 2 is 1.76 bits per heavy atom. The summed E-state index contributed by atoms with van der Waals surface area (Å²) < 4.78 is 17.3. The highest BCUT2D eigenvalue weighted by Gasteiger charge is 2.12. The minimum absolute atomic E-state index is 0.295. The molecule has 1 aromatic heterocycles. The van der Waals surface area contributed by atoms with E-state index in [0.29, 0.717) is 41.5 Å². The first kappa shape index (κ1) is 27.6. The number of para-hydroxylation sites is 1. The van der Waals surface area contributed by atoms with Crippen LogP contribution in [0.3, 0.4) is 0 Å². The summed E-state index contributed by atoms with van der Waals surface area (Å²) in [5.74, 6) is 3.64. The fourth-order valence-corrected chi connectivity index (χ4v) is 3.57. The van der Waals surface area contributed by atoms with Crippen LogP contribution in [0.2, 0.25) is 5.02 Å². The quantitative estimate of drug-likeness (QED) is 0.146. The fourth-order valence-electron chi connectivity index (χ4n) is 3.30. The molecule has 0 unspecified atom stereocenters. The third kappa shape index (κ3) is 7.75. The van der Waals surface area contributed by atoms with Gasteiger partial charge in [-0.2, -0.15) is 15.1 Å². The van der Waals surface area contributed by atoms with Gasteiger partial charge in [0.25, 0.3) is 0 Å². The predicted octanol–water partition coefficient (Wildman–Crippen LogP) is 4.90. The molecule has 0 saturated heterocycles. The first-order valence-electron chi connectivity index (χ1n) is 11.7. The molecule has 0 atom stereocenters. The number of benzene rings is 2. The molecule has 0 bridgehead atoms. The molecule has 0 saturated carbocycles. The molecule has 3 aromatic rings. The Kier molecular flexibility index (Phi) is 9.97. The maximum Gasteiger partial charge on any atom is 0.228 e. The van der Waals surface area contributed by atoms with Crippen molar-refractivity contribution in [3.05, 3.63) is 71.3 Å². The maximum atomic E-state index is 6.51. The average Bonchev–Trinajstić information content (AvgIpc) is 2.88. The van der Waals surface area contributed by atoms with Gasteiger partial charge in [-0.3, -0.25) is 5.43 Å². The van der Waals surface area contributed by atoms with Gasteiger partial charge in [0, 0.05) is 34.3 Å². The highest BCUT2D eigenvalue weighted by molar-refractivity contribution is 6.32. The standard InChI is InChI=1S/C27H33ClN6O3/c1-7-10-20-11-8-9-12-22(20)36-13-14-37-26-21(28)15-19(16-23(26)35-6)18-29-32-24-17-25(33(2)3)31-27(30-24)34(4)5/h7-9,11-12,15-18H,1,10,13-14H2,2-6H3,(H,30,31,32)/b29-18-. The van der Waals surface area contributed by atoms with Crippen molar-refractivity contribution in [3.8, 4) is 17.2 Å². The van der Waals surface area contributed by atoms with Crippen molar-refractivity contribution in [2.24, 2.45) is 5.10 Å². The number of rotatable bonds is 13. The van der Waals surface area contributed by atoms with Gasteiger partial charge in [0.1, 0.15) is 24.8 Å². The van der Waals surface area contributed by atoms with Gasteiger partial charge >= 0.3 is 0 Å².